The van der Waals surface area contributed by atoms with Gasteiger partial charge in [-0.25, -0.2) is 9.13 Å². The Morgan fingerprint density at radius 2 is 0.388 bits per heavy atom. The quantitative estimate of drug-likeness (QED) is 0.0222. The molecule has 3 N–H and O–H groups in total. The predicted molar refractivity (Wildman–Crippen MR) is 423 cm³/mol. The molecule has 0 aromatic heterocycles. The highest BCUT2D eigenvalue weighted by Gasteiger charge is 2.30. The molecule has 0 spiro atoms. The Balaban J connectivity index is 5.20. The molecule has 612 valence electrons. The molecule has 0 aliphatic heterocycles. The van der Waals surface area contributed by atoms with E-state index in [4.69, 9.17) is 37.0 Å². The summed E-state index contributed by atoms with van der Waals surface area (Å²) in [5.74, 6) is -2.10. The van der Waals surface area contributed by atoms with Crippen molar-refractivity contribution < 1.29 is 80.2 Å². The van der Waals surface area contributed by atoms with Crippen LogP contribution in [0.2, 0.25) is 0 Å². The van der Waals surface area contributed by atoms with Crippen LogP contribution < -0.4 is 0 Å². The number of phosphoric acid groups is 2. The van der Waals surface area contributed by atoms with E-state index in [0.717, 1.165) is 89.9 Å². The standard InChI is InChI=1S/C84H164O17P2/c1-5-9-13-17-21-25-28-31-34-36-38-40-42-44-47-49-53-57-61-65-69-82(87)95-75-80(101-84(89)71-67-63-59-55-51-48-45-43-41-39-37-35-32-29-26-22-18-14-10-6-2)77-99-103(92,93)97-73-78(85)72-96-102(90,91)98-76-79(74-94-81(86)68-64-60-56-52-24-20-16-12-8-4)100-83(88)70-66-62-58-54-50-46-33-30-27-23-19-15-11-7-3/h78-80,85H,5-77H2,1-4H3,(H,90,91)(H,92,93)/t78-,79+,80+/m0/s1. The lowest BCUT2D eigenvalue weighted by molar-refractivity contribution is -0.161. The highest BCUT2D eigenvalue weighted by Crippen LogP contribution is 2.45. The summed E-state index contributed by atoms with van der Waals surface area (Å²) in [4.78, 5) is 73.1. The van der Waals surface area contributed by atoms with E-state index in [1.54, 1.807) is 0 Å². The summed E-state index contributed by atoms with van der Waals surface area (Å²) in [5.41, 5.74) is 0. The maximum Gasteiger partial charge on any atom is 0.472 e. The molecule has 19 heteroatoms. The molecule has 0 saturated heterocycles. The first-order valence-electron chi connectivity index (χ1n) is 43.8. The molecule has 0 saturated carbocycles. The highest BCUT2D eigenvalue weighted by atomic mass is 31.2. The lowest BCUT2D eigenvalue weighted by Crippen LogP contribution is -2.30. The Labute approximate surface area is 632 Å². The number of ether oxygens (including phenoxy) is 4. The van der Waals surface area contributed by atoms with Gasteiger partial charge in [0.25, 0.3) is 0 Å². The van der Waals surface area contributed by atoms with Gasteiger partial charge in [0, 0.05) is 25.7 Å². The zero-order valence-corrected chi connectivity index (χ0v) is 69.1. The van der Waals surface area contributed by atoms with Crippen LogP contribution in [0.15, 0.2) is 0 Å². The topological polar surface area (TPSA) is 237 Å². The lowest BCUT2D eigenvalue weighted by Gasteiger charge is -2.21. The first kappa shape index (κ1) is 101. The van der Waals surface area contributed by atoms with Crippen LogP contribution in [0.25, 0.3) is 0 Å². The van der Waals surface area contributed by atoms with Crippen LogP contribution in [0.4, 0.5) is 0 Å². The Morgan fingerprint density at radius 3 is 0.573 bits per heavy atom. The van der Waals surface area contributed by atoms with Crippen LogP contribution in [-0.2, 0) is 65.4 Å². The number of hydrogen-bond acceptors (Lipinski definition) is 15. The Kier molecular flexibility index (Phi) is 76.7. The summed E-state index contributed by atoms with van der Waals surface area (Å²) >= 11 is 0. The average Bonchev–Trinajstić information content (AvgIpc) is 0.913. The van der Waals surface area contributed by atoms with Crippen LogP contribution in [0.5, 0.6) is 0 Å². The summed E-state index contributed by atoms with van der Waals surface area (Å²) in [5, 5.41) is 10.7. The van der Waals surface area contributed by atoms with Crippen molar-refractivity contribution in [2.24, 2.45) is 0 Å². The predicted octanol–water partition coefficient (Wildman–Crippen LogP) is 25.7. The zero-order chi connectivity index (χ0) is 75.3. The molecular formula is C84H164O17P2. The number of phosphoric ester groups is 2. The normalized spacial score (nSPS) is 13.7. The minimum atomic E-state index is -4.96. The van der Waals surface area contributed by atoms with Crippen LogP contribution >= 0.6 is 15.6 Å². The van der Waals surface area contributed by atoms with Crippen molar-refractivity contribution in [3.63, 3.8) is 0 Å². The molecule has 0 aliphatic carbocycles. The van der Waals surface area contributed by atoms with Crippen LogP contribution in [-0.4, -0.2) is 96.7 Å². The van der Waals surface area contributed by atoms with Crippen molar-refractivity contribution in [2.45, 2.75) is 476 Å². The van der Waals surface area contributed by atoms with Gasteiger partial charge in [-0.3, -0.25) is 37.3 Å². The van der Waals surface area contributed by atoms with E-state index in [1.807, 2.05) is 0 Å². The number of rotatable bonds is 85. The number of carbonyl (C=O) groups excluding carboxylic acids is 4. The summed E-state index contributed by atoms with van der Waals surface area (Å²) in [6, 6.07) is 0. The molecule has 0 aromatic rings. The van der Waals surface area contributed by atoms with E-state index in [9.17, 15) is 43.2 Å². The van der Waals surface area contributed by atoms with Crippen molar-refractivity contribution in [2.75, 3.05) is 39.6 Å². The van der Waals surface area contributed by atoms with Crippen molar-refractivity contribution >= 4 is 39.5 Å². The molecule has 0 bridgehead atoms. The summed E-state index contributed by atoms with van der Waals surface area (Å²) < 4.78 is 68.8. The van der Waals surface area contributed by atoms with Gasteiger partial charge in [-0.2, -0.15) is 0 Å². The molecule has 17 nitrogen and oxygen atoms in total. The molecule has 0 amide bonds. The summed E-state index contributed by atoms with van der Waals surface area (Å²) in [6.07, 6.45) is 72.3. The van der Waals surface area contributed by atoms with Gasteiger partial charge in [0.05, 0.1) is 26.4 Å². The maximum absolute atomic E-state index is 13.1. The van der Waals surface area contributed by atoms with Gasteiger partial charge in [0.15, 0.2) is 12.2 Å². The smallest absolute Gasteiger partial charge is 0.462 e. The van der Waals surface area contributed by atoms with E-state index >= 15 is 0 Å². The maximum atomic E-state index is 13.1. The molecule has 0 rings (SSSR count). The second-order valence-electron chi connectivity index (χ2n) is 30.2. The average molecular weight is 1510 g/mol. The first-order valence-corrected chi connectivity index (χ1v) is 46.8. The number of aliphatic hydroxyl groups excluding tert-OH is 1. The Bertz CT molecular complexity index is 1950. The van der Waals surface area contributed by atoms with Crippen molar-refractivity contribution in [3.05, 3.63) is 0 Å². The van der Waals surface area contributed by atoms with Gasteiger partial charge in [-0.05, 0) is 25.7 Å². The van der Waals surface area contributed by atoms with Gasteiger partial charge in [-0.15, -0.1) is 0 Å². The van der Waals surface area contributed by atoms with E-state index < -0.39 is 97.5 Å². The SMILES string of the molecule is CCCCCCCCCCCCCCCCCCCCCCC(=O)OC[C@H](COP(=O)(O)OC[C@@H](O)COP(=O)(O)OC[C@@H](COC(=O)CCCCCCCCCCC)OC(=O)CCCCCCCCCCCCCCCC)OC(=O)CCCCCCCCCCCCCCCCCCCCCC. The fraction of sp³-hybridized carbons (Fsp3) is 0.952. The van der Waals surface area contributed by atoms with Crippen molar-refractivity contribution in [1.82, 2.24) is 0 Å². The van der Waals surface area contributed by atoms with Crippen LogP contribution in [0, 0.1) is 0 Å². The highest BCUT2D eigenvalue weighted by molar-refractivity contribution is 7.47. The van der Waals surface area contributed by atoms with Crippen LogP contribution in [0.3, 0.4) is 0 Å². The molecule has 103 heavy (non-hydrogen) atoms. The van der Waals surface area contributed by atoms with E-state index in [2.05, 4.69) is 27.7 Å². The molecule has 0 heterocycles. The fourth-order valence-corrected chi connectivity index (χ4v) is 14.7. The number of esters is 4. The number of aliphatic hydroxyl groups is 1. The zero-order valence-electron chi connectivity index (χ0n) is 67.3. The summed E-state index contributed by atoms with van der Waals surface area (Å²) in [6.45, 7) is 5.03. The summed E-state index contributed by atoms with van der Waals surface area (Å²) in [7, 11) is -9.92. The third-order valence-electron chi connectivity index (χ3n) is 19.9. The molecule has 2 unspecified atom stereocenters. The second-order valence-corrected chi connectivity index (χ2v) is 33.1. The third-order valence-corrected chi connectivity index (χ3v) is 21.8. The van der Waals surface area contributed by atoms with Gasteiger partial charge in [0.1, 0.15) is 19.3 Å². The molecule has 0 fully saturated rings. The monoisotopic (exact) mass is 1510 g/mol. The van der Waals surface area contributed by atoms with Crippen LogP contribution in [0.1, 0.15) is 458 Å². The Morgan fingerprint density at radius 1 is 0.233 bits per heavy atom. The van der Waals surface area contributed by atoms with Gasteiger partial charge in [0.2, 0.25) is 0 Å². The van der Waals surface area contributed by atoms with E-state index in [0.29, 0.717) is 25.7 Å². The molecular weight excluding hydrogens is 1340 g/mol. The minimum Gasteiger partial charge on any atom is -0.462 e. The molecule has 0 aliphatic rings. The largest absolute Gasteiger partial charge is 0.472 e. The van der Waals surface area contributed by atoms with E-state index in [-0.39, 0.29) is 25.7 Å². The van der Waals surface area contributed by atoms with Gasteiger partial charge in [-0.1, -0.05) is 407 Å². The fourth-order valence-electron chi connectivity index (χ4n) is 13.2. The minimum absolute atomic E-state index is 0.109. The number of carbonyl (C=O) groups is 4. The Hall–Kier alpha value is -1.94. The van der Waals surface area contributed by atoms with E-state index in [1.165, 1.54) is 289 Å². The first-order chi connectivity index (χ1) is 50.2. The molecule has 0 radical (unpaired) electrons. The second kappa shape index (κ2) is 78.2. The molecule has 0 aromatic carbocycles. The van der Waals surface area contributed by atoms with Gasteiger partial charge >= 0.3 is 39.5 Å². The number of hydrogen-bond donors (Lipinski definition) is 3. The van der Waals surface area contributed by atoms with Crippen molar-refractivity contribution in [3.8, 4) is 0 Å². The number of unbranched alkanes of at least 4 members (excludes halogenated alkanes) is 59. The van der Waals surface area contributed by atoms with Gasteiger partial charge < -0.3 is 33.8 Å². The molecule has 5 atom stereocenters. The van der Waals surface area contributed by atoms with Crippen molar-refractivity contribution in [1.29, 1.82) is 0 Å². The third kappa shape index (κ3) is 78.0. The lowest BCUT2D eigenvalue weighted by atomic mass is 10.0.